The molecule has 1 aliphatic heterocycles. The standard InChI is InChI=1S/C26H30FN7O/c1-17-5-6-18-16-21(25(35)28-22(18)15-17)23(24-29-30-31-34(24)26(2,3)4)33-13-11-32(12-14-33)20-9-7-19(27)8-10-20/h5-10,15-16,23H,11-14H2,1-4H3,(H,28,35)/t23-/m0/s1. The molecule has 5 rings (SSSR count). The average molecular weight is 476 g/mol. The third kappa shape index (κ3) is 4.55. The number of aromatic amines is 1. The van der Waals surface area contributed by atoms with E-state index in [0.717, 1.165) is 35.2 Å². The number of aromatic nitrogens is 5. The number of hydrogen-bond acceptors (Lipinski definition) is 6. The summed E-state index contributed by atoms with van der Waals surface area (Å²) in [5.41, 5.74) is 3.02. The number of nitrogens with one attached hydrogen (secondary N) is 1. The highest BCUT2D eigenvalue weighted by Gasteiger charge is 2.35. The van der Waals surface area contributed by atoms with E-state index in [0.29, 0.717) is 24.5 Å². The van der Waals surface area contributed by atoms with Crippen molar-refractivity contribution >= 4 is 16.6 Å². The molecule has 2 aromatic heterocycles. The van der Waals surface area contributed by atoms with Crippen molar-refractivity contribution in [3.8, 4) is 0 Å². The number of anilines is 1. The van der Waals surface area contributed by atoms with Crippen LogP contribution in [0.4, 0.5) is 10.1 Å². The highest BCUT2D eigenvalue weighted by Crippen LogP contribution is 2.31. The number of H-pyrrole nitrogens is 1. The topological polar surface area (TPSA) is 82.9 Å². The minimum atomic E-state index is -0.408. The largest absolute Gasteiger partial charge is 0.369 e. The van der Waals surface area contributed by atoms with Crippen LogP contribution in [0.25, 0.3) is 10.9 Å². The summed E-state index contributed by atoms with van der Waals surface area (Å²) in [6.07, 6.45) is 0. The molecule has 0 amide bonds. The van der Waals surface area contributed by atoms with E-state index in [-0.39, 0.29) is 16.9 Å². The van der Waals surface area contributed by atoms with E-state index < -0.39 is 6.04 Å². The van der Waals surface area contributed by atoms with Crippen LogP contribution in [0.1, 0.15) is 43.8 Å². The maximum absolute atomic E-state index is 13.4. The molecule has 1 atom stereocenters. The Morgan fingerprint density at radius 1 is 1.00 bits per heavy atom. The monoisotopic (exact) mass is 475 g/mol. The maximum Gasteiger partial charge on any atom is 0.253 e. The van der Waals surface area contributed by atoms with Crippen molar-refractivity contribution in [3.05, 3.63) is 81.7 Å². The quantitative estimate of drug-likeness (QED) is 0.485. The molecule has 4 aromatic rings. The number of benzene rings is 2. The molecule has 0 spiro atoms. The number of hydrogen-bond donors (Lipinski definition) is 1. The Hall–Kier alpha value is -3.59. The molecular weight excluding hydrogens is 445 g/mol. The van der Waals surface area contributed by atoms with Gasteiger partial charge in [-0.1, -0.05) is 12.1 Å². The molecular formula is C26H30FN7O. The van der Waals surface area contributed by atoms with Gasteiger partial charge in [0.1, 0.15) is 11.9 Å². The number of halogens is 1. The van der Waals surface area contributed by atoms with Gasteiger partial charge in [0.2, 0.25) is 0 Å². The Morgan fingerprint density at radius 2 is 1.71 bits per heavy atom. The first-order valence-electron chi connectivity index (χ1n) is 11.9. The lowest BCUT2D eigenvalue weighted by atomic mass is 10.0. The van der Waals surface area contributed by atoms with Crippen molar-refractivity contribution in [2.24, 2.45) is 0 Å². The normalized spacial score (nSPS) is 16.1. The lowest BCUT2D eigenvalue weighted by Gasteiger charge is -2.40. The number of aryl methyl sites for hydroxylation is 1. The fourth-order valence-corrected chi connectivity index (χ4v) is 4.77. The minimum Gasteiger partial charge on any atom is -0.369 e. The summed E-state index contributed by atoms with van der Waals surface area (Å²) in [7, 11) is 0. The van der Waals surface area contributed by atoms with Crippen LogP contribution in [-0.2, 0) is 5.54 Å². The number of nitrogens with zero attached hydrogens (tertiary/aromatic N) is 6. The van der Waals surface area contributed by atoms with Gasteiger partial charge in [-0.15, -0.1) is 5.10 Å². The first-order valence-corrected chi connectivity index (χ1v) is 11.9. The zero-order valence-electron chi connectivity index (χ0n) is 20.5. The van der Waals surface area contributed by atoms with Gasteiger partial charge in [0.25, 0.3) is 5.56 Å². The number of pyridine rings is 1. The van der Waals surface area contributed by atoms with E-state index in [1.165, 1.54) is 12.1 Å². The Morgan fingerprint density at radius 3 is 2.40 bits per heavy atom. The van der Waals surface area contributed by atoms with Gasteiger partial charge in [0.05, 0.1) is 5.54 Å². The molecule has 0 unspecified atom stereocenters. The minimum absolute atomic E-state index is 0.141. The molecule has 0 bridgehead atoms. The van der Waals surface area contributed by atoms with Gasteiger partial charge >= 0.3 is 0 Å². The molecule has 35 heavy (non-hydrogen) atoms. The van der Waals surface area contributed by atoms with Crippen LogP contribution in [0.3, 0.4) is 0 Å². The van der Waals surface area contributed by atoms with Crippen LogP contribution >= 0.6 is 0 Å². The second kappa shape index (κ2) is 8.88. The van der Waals surface area contributed by atoms with Crippen molar-refractivity contribution in [2.75, 3.05) is 31.1 Å². The lowest BCUT2D eigenvalue weighted by molar-refractivity contribution is 0.190. The van der Waals surface area contributed by atoms with Gasteiger partial charge in [-0.25, -0.2) is 9.07 Å². The number of fused-ring (bicyclic) bond motifs is 1. The fourth-order valence-electron chi connectivity index (χ4n) is 4.77. The summed E-state index contributed by atoms with van der Waals surface area (Å²) in [6.45, 7) is 11.0. The van der Waals surface area contributed by atoms with Crippen LogP contribution in [0.15, 0.2) is 53.3 Å². The van der Waals surface area contributed by atoms with Crippen molar-refractivity contribution in [1.82, 2.24) is 30.1 Å². The number of rotatable bonds is 4. The second-order valence-electron chi connectivity index (χ2n) is 10.2. The lowest BCUT2D eigenvalue weighted by Crippen LogP contribution is -2.49. The maximum atomic E-state index is 13.4. The van der Waals surface area contributed by atoms with Gasteiger partial charge < -0.3 is 9.88 Å². The summed E-state index contributed by atoms with van der Waals surface area (Å²) in [6, 6.07) is 14.2. The van der Waals surface area contributed by atoms with E-state index in [2.05, 4.69) is 30.3 Å². The second-order valence-corrected chi connectivity index (χ2v) is 10.2. The van der Waals surface area contributed by atoms with E-state index in [1.54, 1.807) is 12.1 Å². The summed E-state index contributed by atoms with van der Waals surface area (Å²) in [4.78, 5) is 21.0. The van der Waals surface area contributed by atoms with Gasteiger partial charge in [-0.05, 0) is 85.5 Å². The molecule has 9 heteroatoms. The van der Waals surface area contributed by atoms with Crippen molar-refractivity contribution in [1.29, 1.82) is 0 Å². The predicted molar refractivity (Wildman–Crippen MR) is 134 cm³/mol. The molecule has 182 valence electrons. The Balaban J connectivity index is 1.55. The van der Waals surface area contributed by atoms with Crippen LogP contribution < -0.4 is 10.5 Å². The third-order valence-corrected chi connectivity index (χ3v) is 6.57. The van der Waals surface area contributed by atoms with E-state index in [1.807, 2.05) is 56.6 Å². The smallest absolute Gasteiger partial charge is 0.253 e. The Labute approximate surface area is 203 Å². The molecule has 3 heterocycles. The number of piperazine rings is 1. The first kappa shape index (κ1) is 23.2. The highest BCUT2D eigenvalue weighted by atomic mass is 19.1. The van der Waals surface area contributed by atoms with Gasteiger partial charge in [-0.2, -0.15) is 0 Å². The Bertz CT molecular complexity index is 1400. The van der Waals surface area contributed by atoms with Crippen molar-refractivity contribution < 1.29 is 4.39 Å². The SMILES string of the molecule is Cc1ccc2cc([C@@H](c3nnnn3C(C)(C)C)N3CCN(c4ccc(F)cc4)CC3)c(=O)[nH]c2c1. The Kier molecular flexibility index (Phi) is 5.88. The van der Waals surface area contributed by atoms with Crippen molar-refractivity contribution in [2.45, 2.75) is 39.3 Å². The van der Waals surface area contributed by atoms with Crippen LogP contribution in [0.5, 0.6) is 0 Å². The summed E-state index contributed by atoms with van der Waals surface area (Å²) < 4.78 is 15.2. The number of tetrazole rings is 1. The molecule has 1 aliphatic rings. The molecule has 0 aliphatic carbocycles. The summed E-state index contributed by atoms with van der Waals surface area (Å²) >= 11 is 0. The van der Waals surface area contributed by atoms with Gasteiger partial charge in [0.15, 0.2) is 5.82 Å². The zero-order chi connectivity index (χ0) is 24.7. The first-order chi connectivity index (χ1) is 16.7. The van der Waals surface area contributed by atoms with E-state index >= 15 is 0 Å². The van der Waals surface area contributed by atoms with Gasteiger partial charge in [-0.3, -0.25) is 9.69 Å². The molecule has 0 saturated carbocycles. The average Bonchev–Trinajstić information content (AvgIpc) is 3.31. The molecule has 0 radical (unpaired) electrons. The molecule has 1 fully saturated rings. The fraction of sp³-hybridized carbons (Fsp3) is 0.385. The molecule has 2 aromatic carbocycles. The highest BCUT2D eigenvalue weighted by molar-refractivity contribution is 5.79. The van der Waals surface area contributed by atoms with Crippen LogP contribution in [-0.4, -0.2) is 56.3 Å². The summed E-state index contributed by atoms with van der Waals surface area (Å²) in [5.74, 6) is 0.400. The van der Waals surface area contributed by atoms with E-state index in [9.17, 15) is 9.18 Å². The predicted octanol–water partition coefficient (Wildman–Crippen LogP) is 3.63. The van der Waals surface area contributed by atoms with Crippen LogP contribution in [0, 0.1) is 12.7 Å². The van der Waals surface area contributed by atoms with Gasteiger partial charge in [0, 0.05) is 42.9 Å². The van der Waals surface area contributed by atoms with Crippen LogP contribution in [0.2, 0.25) is 0 Å². The molecule has 1 N–H and O–H groups in total. The van der Waals surface area contributed by atoms with E-state index in [4.69, 9.17) is 0 Å². The van der Waals surface area contributed by atoms with Crippen molar-refractivity contribution in [3.63, 3.8) is 0 Å². The molecule has 8 nitrogen and oxygen atoms in total. The molecule has 1 saturated heterocycles. The zero-order valence-corrected chi connectivity index (χ0v) is 20.5. The third-order valence-electron chi connectivity index (χ3n) is 6.57. The summed E-state index contributed by atoms with van der Waals surface area (Å²) in [5, 5.41) is 13.6.